The standard InChI is InChI=1S/C45H61N9O10/c1-43(2,3)62-40(55)53(30-13-14-34(51-19-17-50(18-20-51)31-28-58-29-31)35(24-30)59-22-23-61-37-12-10-11-21-60-37)39-38-47-15-16-52(38)27-33(49-39)32-25-46-26-36(48-32)54(41(56)63-44(4,5)6)42(57)64-45(7,8)9/h13-16,24-27,31,37H,10-12,17-23,28-29H2,1-9H3. The number of aromatic nitrogens is 5. The minimum absolute atomic E-state index is 0.105. The van der Waals surface area contributed by atoms with Gasteiger partial charge in [-0.3, -0.25) is 9.88 Å². The fraction of sp³-hybridized carbons (Fsp3) is 0.578. The number of imidazole rings is 1. The summed E-state index contributed by atoms with van der Waals surface area (Å²) in [4.78, 5) is 67.0. The average molecular weight is 888 g/mol. The molecule has 6 heterocycles. The van der Waals surface area contributed by atoms with Crippen LogP contribution in [0.5, 0.6) is 5.75 Å². The van der Waals surface area contributed by atoms with Crippen molar-refractivity contribution in [3.05, 3.63) is 49.2 Å². The first-order valence-corrected chi connectivity index (χ1v) is 21.8. The van der Waals surface area contributed by atoms with Gasteiger partial charge in [-0.05, 0) is 93.7 Å². The molecule has 0 radical (unpaired) electrons. The second-order valence-corrected chi connectivity index (χ2v) is 18.9. The highest BCUT2D eigenvalue weighted by molar-refractivity contribution is 6.08. The Bertz CT molecular complexity index is 2240. The van der Waals surface area contributed by atoms with Gasteiger partial charge in [0, 0.05) is 57.4 Å². The van der Waals surface area contributed by atoms with Gasteiger partial charge >= 0.3 is 18.3 Å². The van der Waals surface area contributed by atoms with Crippen molar-refractivity contribution in [3.8, 4) is 17.1 Å². The van der Waals surface area contributed by atoms with Crippen molar-refractivity contribution in [3.63, 3.8) is 0 Å². The highest BCUT2D eigenvalue weighted by Gasteiger charge is 2.36. The first-order valence-electron chi connectivity index (χ1n) is 21.8. The lowest BCUT2D eigenvalue weighted by Crippen LogP contribution is -2.56. The molecule has 3 aromatic heterocycles. The predicted octanol–water partition coefficient (Wildman–Crippen LogP) is 7.38. The second-order valence-electron chi connectivity index (χ2n) is 18.9. The summed E-state index contributed by atoms with van der Waals surface area (Å²) in [6.45, 7) is 21.4. The van der Waals surface area contributed by atoms with E-state index in [4.69, 9.17) is 38.1 Å². The van der Waals surface area contributed by atoms with E-state index in [0.717, 1.165) is 64.3 Å². The van der Waals surface area contributed by atoms with Crippen LogP contribution in [0.4, 0.5) is 37.4 Å². The van der Waals surface area contributed by atoms with Crippen molar-refractivity contribution >= 4 is 46.9 Å². The zero-order valence-electron chi connectivity index (χ0n) is 38.4. The topological polar surface area (TPSA) is 185 Å². The molecule has 3 aliphatic heterocycles. The lowest BCUT2D eigenvalue weighted by atomic mass is 10.1. The molecular formula is C45H61N9O10. The fourth-order valence-electron chi connectivity index (χ4n) is 7.23. The first kappa shape index (κ1) is 46.4. The number of piperazine rings is 1. The summed E-state index contributed by atoms with van der Waals surface area (Å²) < 4.78 is 42.7. The van der Waals surface area contributed by atoms with Crippen molar-refractivity contribution in [1.29, 1.82) is 0 Å². The predicted molar refractivity (Wildman–Crippen MR) is 237 cm³/mol. The SMILES string of the molecule is CC(C)(C)OC(=O)N(C(=O)OC(C)(C)C)c1cncc(-c2cn3ccnc3c(N(C(=O)OC(C)(C)C)c3ccc(N4CCN(C5COC5)CC4)c(OCCOC4CCCCO4)c3)n2)n1. The molecule has 1 unspecified atom stereocenters. The van der Waals surface area contributed by atoms with Crippen LogP contribution in [-0.4, -0.2) is 136 Å². The van der Waals surface area contributed by atoms with Gasteiger partial charge in [-0.15, -0.1) is 0 Å². The molecule has 1 aromatic carbocycles. The van der Waals surface area contributed by atoms with Crippen molar-refractivity contribution in [2.75, 3.05) is 73.9 Å². The summed E-state index contributed by atoms with van der Waals surface area (Å²) in [7, 11) is 0. The van der Waals surface area contributed by atoms with Crippen molar-refractivity contribution < 1.29 is 47.5 Å². The number of hydrogen-bond donors (Lipinski definition) is 0. The van der Waals surface area contributed by atoms with Crippen molar-refractivity contribution in [1.82, 2.24) is 29.2 Å². The summed E-state index contributed by atoms with van der Waals surface area (Å²) in [5.74, 6) is 0.475. The Morgan fingerprint density at radius 2 is 1.50 bits per heavy atom. The van der Waals surface area contributed by atoms with E-state index in [9.17, 15) is 14.4 Å². The smallest absolute Gasteiger partial charge is 0.425 e. The third kappa shape index (κ3) is 11.7. The molecule has 7 rings (SSSR count). The van der Waals surface area contributed by atoms with Crippen LogP contribution in [0, 0.1) is 0 Å². The maximum atomic E-state index is 14.6. The summed E-state index contributed by atoms with van der Waals surface area (Å²) >= 11 is 0. The van der Waals surface area contributed by atoms with E-state index < -0.39 is 35.1 Å². The van der Waals surface area contributed by atoms with Gasteiger partial charge in [-0.1, -0.05) is 0 Å². The minimum atomic E-state index is -1.01. The average Bonchev–Trinajstić information content (AvgIpc) is 3.67. The number of carbonyl (C=O) groups excluding carboxylic acids is 3. The van der Waals surface area contributed by atoms with Gasteiger partial charge in [0.15, 0.2) is 23.6 Å². The third-order valence-corrected chi connectivity index (χ3v) is 10.2. The van der Waals surface area contributed by atoms with Crippen LogP contribution in [0.2, 0.25) is 0 Å². The van der Waals surface area contributed by atoms with Gasteiger partial charge in [0.25, 0.3) is 0 Å². The molecule has 64 heavy (non-hydrogen) atoms. The van der Waals surface area contributed by atoms with Gasteiger partial charge in [0.05, 0.1) is 49.6 Å². The number of nitrogens with zero attached hydrogens (tertiary/aromatic N) is 9. The minimum Gasteiger partial charge on any atom is -0.489 e. The Kier molecular flexibility index (Phi) is 13.9. The van der Waals surface area contributed by atoms with Gasteiger partial charge < -0.3 is 42.5 Å². The number of carbonyl (C=O) groups is 3. The normalized spacial score (nSPS) is 17.7. The molecule has 0 spiro atoms. The Morgan fingerprint density at radius 1 is 0.812 bits per heavy atom. The summed E-state index contributed by atoms with van der Waals surface area (Å²) in [5, 5.41) is 0. The number of anilines is 4. The third-order valence-electron chi connectivity index (χ3n) is 10.2. The first-order chi connectivity index (χ1) is 30.3. The maximum absolute atomic E-state index is 14.6. The van der Waals surface area contributed by atoms with E-state index in [1.165, 1.54) is 17.3 Å². The molecule has 3 saturated heterocycles. The molecule has 1 atom stereocenters. The molecule has 19 nitrogen and oxygen atoms in total. The van der Waals surface area contributed by atoms with Crippen LogP contribution in [0.1, 0.15) is 81.6 Å². The fourth-order valence-corrected chi connectivity index (χ4v) is 7.23. The molecule has 19 heteroatoms. The van der Waals surface area contributed by atoms with E-state index in [1.807, 2.05) is 12.1 Å². The molecule has 0 aliphatic carbocycles. The van der Waals surface area contributed by atoms with Crippen LogP contribution < -0.4 is 19.4 Å². The molecule has 4 aromatic rings. The maximum Gasteiger partial charge on any atom is 0.425 e. The van der Waals surface area contributed by atoms with E-state index in [1.54, 1.807) is 91.4 Å². The zero-order chi connectivity index (χ0) is 45.8. The lowest BCUT2D eigenvalue weighted by Gasteiger charge is -2.43. The number of rotatable bonds is 11. The molecule has 0 N–H and O–H groups in total. The number of hydrogen-bond acceptors (Lipinski definition) is 16. The largest absolute Gasteiger partial charge is 0.489 e. The molecule has 0 bridgehead atoms. The Labute approximate surface area is 373 Å². The quantitative estimate of drug-likeness (QED) is 0.107. The molecule has 3 aliphatic rings. The molecule has 0 saturated carbocycles. The van der Waals surface area contributed by atoms with Crippen molar-refractivity contribution in [2.45, 2.75) is 111 Å². The van der Waals surface area contributed by atoms with Crippen LogP contribution in [0.3, 0.4) is 0 Å². The Morgan fingerprint density at radius 3 is 2.12 bits per heavy atom. The molecule has 346 valence electrons. The number of amides is 3. The lowest BCUT2D eigenvalue weighted by molar-refractivity contribution is -0.165. The summed E-state index contributed by atoms with van der Waals surface area (Å²) in [5.41, 5.74) is -0.822. The van der Waals surface area contributed by atoms with Crippen LogP contribution in [-0.2, 0) is 28.4 Å². The van der Waals surface area contributed by atoms with Crippen LogP contribution >= 0.6 is 0 Å². The van der Waals surface area contributed by atoms with E-state index >= 15 is 0 Å². The van der Waals surface area contributed by atoms with Crippen LogP contribution in [0.15, 0.2) is 49.2 Å². The van der Waals surface area contributed by atoms with E-state index in [-0.39, 0.29) is 35.9 Å². The Balaban J connectivity index is 1.28. The van der Waals surface area contributed by atoms with Crippen molar-refractivity contribution in [2.24, 2.45) is 0 Å². The number of benzene rings is 1. The van der Waals surface area contributed by atoms with Gasteiger partial charge in [-0.2, -0.15) is 4.90 Å². The van der Waals surface area contributed by atoms with Crippen LogP contribution in [0.25, 0.3) is 17.0 Å². The van der Waals surface area contributed by atoms with Gasteiger partial charge in [0.2, 0.25) is 0 Å². The van der Waals surface area contributed by atoms with E-state index in [0.29, 0.717) is 41.2 Å². The monoisotopic (exact) mass is 887 g/mol. The molecule has 3 fully saturated rings. The second kappa shape index (κ2) is 19.2. The number of imide groups is 1. The summed E-state index contributed by atoms with van der Waals surface area (Å²) in [6.07, 6.45) is 7.50. The van der Waals surface area contributed by atoms with Gasteiger partial charge in [-0.25, -0.2) is 34.2 Å². The molecule has 3 amide bonds. The number of ether oxygens (including phenoxy) is 7. The highest BCUT2D eigenvalue weighted by Crippen LogP contribution is 2.38. The summed E-state index contributed by atoms with van der Waals surface area (Å²) in [6, 6.07) is 6.01. The molecular weight excluding hydrogens is 827 g/mol. The number of fused-ring (bicyclic) bond motifs is 1. The zero-order valence-corrected chi connectivity index (χ0v) is 38.4. The van der Waals surface area contributed by atoms with Gasteiger partial charge in [0.1, 0.15) is 40.5 Å². The highest BCUT2D eigenvalue weighted by atomic mass is 16.7. The Hall–Kier alpha value is -5.63. The van der Waals surface area contributed by atoms with E-state index in [2.05, 4.69) is 24.8 Å².